The van der Waals surface area contributed by atoms with Gasteiger partial charge in [0.15, 0.2) is 9.84 Å². The molecule has 1 heterocycles. The van der Waals surface area contributed by atoms with Crippen LogP contribution in [0.5, 0.6) is 0 Å². The minimum absolute atomic E-state index is 0.0337. The monoisotopic (exact) mass is 414 g/mol. The minimum atomic E-state index is -3.58. The molecule has 154 valence electrons. The summed E-state index contributed by atoms with van der Waals surface area (Å²) in [5.74, 6) is -0.411. The molecular formula is C22H26N2O4S. The fourth-order valence-electron chi connectivity index (χ4n) is 3.50. The fourth-order valence-corrected chi connectivity index (χ4v) is 4.77. The topological polar surface area (TPSA) is 74.8 Å². The molecule has 0 saturated carbocycles. The van der Waals surface area contributed by atoms with Crippen LogP contribution in [0.15, 0.2) is 53.4 Å². The van der Waals surface area contributed by atoms with E-state index in [0.717, 1.165) is 16.8 Å². The fraction of sp³-hybridized carbons (Fsp3) is 0.364. The molecule has 0 N–H and O–H groups in total. The normalized spacial score (nSPS) is 13.2. The molecule has 0 atom stereocenters. The zero-order chi connectivity index (χ0) is 21.0. The quantitative estimate of drug-likeness (QED) is 0.698. The number of sulfone groups is 1. The predicted octanol–water partition coefficient (Wildman–Crippen LogP) is 2.81. The Morgan fingerprint density at radius 3 is 2.52 bits per heavy atom. The van der Waals surface area contributed by atoms with Crippen LogP contribution in [0, 0.1) is 0 Å². The number of nitrogens with zero attached hydrogens (tertiary/aromatic N) is 2. The summed E-state index contributed by atoms with van der Waals surface area (Å²) in [6.45, 7) is 2.83. The van der Waals surface area contributed by atoms with E-state index in [1.807, 2.05) is 37.3 Å². The zero-order valence-electron chi connectivity index (χ0n) is 16.8. The predicted molar refractivity (Wildman–Crippen MR) is 112 cm³/mol. The van der Waals surface area contributed by atoms with Crippen molar-refractivity contribution in [1.82, 2.24) is 4.90 Å². The van der Waals surface area contributed by atoms with Gasteiger partial charge in [0.2, 0.25) is 11.8 Å². The second kappa shape index (κ2) is 8.78. The second-order valence-corrected chi connectivity index (χ2v) is 9.35. The van der Waals surface area contributed by atoms with Crippen molar-refractivity contribution in [3.05, 3.63) is 59.7 Å². The van der Waals surface area contributed by atoms with Gasteiger partial charge in [-0.25, -0.2) is 8.42 Å². The Kier molecular flexibility index (Phi) is 6.37. The summed E-state index contributed by atoms with van der Waals surface area (Å²) in [7, 11) is -1.90. The number of amides is 2. The van der Waals surface area contributed by atoms with Crippen LogP contribution in [0.3, 0.4) is 0 Å². The van der Waals surface area contributed by atoms with E-state index in [1.165, 1.54) is 6.07 Å². The molecule has 3 rings (SSSR count). The van der Waals surface area contributed by atoms with Gasteiger partial charge in [-0.1, -0.05) is 37.3 Å². The van der Waals surface area contributed by atoms with E-state index in [9.17, 15) is 18.0 Å². The third-order valence-electron chi connectivity index (χ3n) is 5.18. The first-order valence-electron chi connectivity index (χ1n) is 9.75. The van der Waals surface area contributed by atoms with Crippen LogP contribution in [-0.4, -0.2) is 44.5 Å². The van der Waals surface area contributed by atoms with E-state index in [2.05, 4.69) is 0 Å². The van der Waals surface area contributed by atoms with Crippen molar-refractivity contribution < 1.29 is 18.0 Å². The second-order valence-electron chi connectivity index (χ2n) is 7.24. The van der Waals surface area contributed by atoms with Gasteiger partial charge in [-0.2, -0.15) is 0 Å². The minimum Gasteiger partial charge on any atom is -0.341 e. The third-order valence-corrected chi connectivity index (χ3v) is 6.90. The maximum Gasteiger partial charge on any atom is 0.226 e. The average Bonchev–Trinajstić information content (AvgIpc) is 3.15. The van der Waals surface area contributed by atoms with Crippen LogP contribution in [0.2, 0.25) is 0 Å². The van der Waals surface area contributed by atoms with Gasteiger partial charge >= 0.3 is 0 Å². The van der Waals surface area contributed by atoms with Gasteiger partial charge in [-0.05, 0) is 35.7 Å². The summed E-state index contributed by atoms with van der Waals surface area (Å²) in [5.41, 5.74) is 2.64. The van der Waals surface area contributed by atoms with Crippen molar-refractivity contribution in [3.63, 3.8) is 0 Å². The van der Waals surface area contributed by atoms with Crippen molar-refractivity contribution in [2.24, 2.45) is 0 Å². The number of hydrogen-bond donors (Lipinski definition) is 0. The van der Waals surface area contributed by atoms with Gasteiger partial charge < -0.3 is 9.80 Å². The first-order chi connectivity index (χ1) is 13.8. The molecule has 6 nitrogen and oxygen atoms in total. The lowest BCUT2D eigenvalue weighted by Crippen LogP contribution is -2.28. The molecule has 2 aromatic carbocycles. The molecule has 0 aliphatic carbocycles. The molecule has 1 aliphatic heterocycles. The first kappa shape index (κ1) is 21.0. The van der Waals surface area contributed by atoms with E-state index in [-0.39, 0.29) is 28.9 Å². The summed E-state index contributed by atoms with van der Waals surface area (Å²) in [6.07, 6.45) is 0.991. The molecule has 0 bridgehead atoms. The van der Waals surface area contributed by atoms with E-state index >= 15 is 0 Å². The smallest absolute Gasteiger partial charge is 0.226 e. The van der Waals surface area contributed by atoms with Crippen LogP contribution in [0.25, 0.3) is 0 Å². The lowest BCUT2D eigenvalue weighted by Gasteiger charge is -2.18. The van der Waals surface area contributed by atoms with Gasteiger partial charge in [-0.3, -0.25) is 9.59 Å². The molecule has 0 radical (unpaired) electrons. The van der Waals surface area contributed by atoms with Crippen molar-refractivity contribution in [2.75, 3.05) is 24.2 Å². The molecule has 2 aromatic rings. The Hall–Kier alpha value is -2.67. The highest BCUT2D eigenvalue weighted by molar-refractivity contribution is 7.91. The summed E-state index contributed by atoms with van der Waals surface area (Å²) < 4.78 is 25.5. The summed E-state index contributed by atoms with van der Waals surface area (Å²) in [5, 5.41) is 0. The van der Waals surface area contributed by atoms with Crippen LogP contribution in [0.1, 0.15) is 30.9 Å². The molecule has 29 heavy (non-hydrogen) atoms. The Morgan fingerprint density at radius 1 is 1.10 bits per heavy atom. The maximum absolute atomic E-state index is 12.7. The average molecular weight is 415 g/mol. The number of benzene rings is 2. The van der Waals surface area contributed by atoms with Gasteiger partial charge in [-0.15, -0.1) is 0 Å². The highest BCUT2D eigenvalue weighted by Gasteiger charge is 2.26. The molecule has 0 fully saturated rings. The van der Waals surface area contributed by atoms with Crippen LogP contribution in [0.4, 0.5) is 5.69 Å². The molecular weight excluding hydrogens is 388 g/mol. The Bertz CT molecular complexity index is 1000. The van der Waals surface area contributed by atoms with Gasteiger partial charge in [0.05, 0.1) is 10.6 Å². The number of carbonyl (C=O) groups excluding carboxylic acids is 2. The van der Waals surface area contributed by atoms with Crippen molar-refractivity contribution >= 4 is 27.3 Å². The number of carbonyl (C=O) groups is 2. The molecule has 1 aliphatic rings. The van der Waals surface area contributed by atoms with Crippen molar-refractivity contribution in [3.8, 4) is 0 Å². The van der Waals surface area contributed by atoms with Gasteiger partial charge in [0.25, 0.3) is 0 Å². The van der Waals surface area contributed by atoms with Gasteiger partial charge in [0.1, 0.15) is 0 Å². The van der Waals surface area contributed by atoms with Crippen LogP contribution in [-0.2, 0) is 32.4 Å². The first-order valence-corrected chi connectivity index (χ1v) is 11.4. The highest BCUT2D eigenvalue weighted by Crippen LogP contribution is 2.31. The van der Waals surface area contributed by atoms with E-state index in [1.54, 1.807) is 29.0 Å². The standard InChI is InChI=1S/C22H26N2O4S/c1-3-21(25)24-13-11-18-15-19(9-10-20(18)24)29(27,28)14-12-22(26)23(2)16-17-7-5-4-6-8-17/h4-10,15H,3,11-14,16H2,1-2H3. The van der Waals surface area contributed by atoms with Crippen molar-refractivity contribution in [1.29, 1.82) is 0 Å². The maximum atomic E-state index is 12.7. The summed E-state index contributed by atoms with van der Waals surface area (Å²) in [4.78, 5) is 27.8. The van der Waals surface area contributed by atoms with E-state index in [4.69, 9.17) is 0 Å². The number of fused-ring (bicyclic) bond motifs is 1. The summed E-state index contributed by atoms with van der Waals surface area (Å²) >= 11 is 0. The third kappa shape index (κ3) is 4.85. The number of anilines is 1. The Balaban J connectivity index is 1.64. The Morgan fingerprint density at radius 2 is 1.83 bits per heavy atom. The van der Waals surface area contributed by atoms with Crippen LogP contribution >= 0.6 is 0 Å². The SMILES string of the molecule is CCC(=O)N1CCc2cc(S(=O)(=O)CCC(=O)N(C)Cc3ccccc3)ccc21. The lowest BCUT2D eigenvalue weighted by molar-refractivity contribution is -0.130. The van der Waals surface area contributed by atoms with Crippen LogP contribution < -0.4 is 4.90 Å². The molecule has 7 heteroatoms. The molecule has 0 saturated heterocycles. The number of rotatable bonds is 7. The highest BCUT2D eigenvalue weighted by atomic mass is 32.2. The van der Waals surface area contributed by atoms with E-state index < -0.39 is 9.84 Å². The lowest BCUT2D eigenvalue weighted by atomic mass is 10.2. The Labute approximate surface area is 172 Å². The number of hydrogen-bond acceptors (Lipinski definition) is 4. The largest absolute Gasteiger partial charge is 0.341 e. The van der Waals surface area contributed by atoms with Crippen molar-refractivity contribution in [2.45, 2.75) is 37.6 Å². The molecule has 0 unspecified atom stereocenters. The molecule has 0 aromatic heterocycles. The van der Waals surface area contributed by atoms with Gasteiger partial charge in [0, 0.05) is 38.7 Å². The molecule has 0 spiro atoms. The summed E-state index contributed by atoms with van der Waals surface area (Å²) in [6, 6.07) is 14.5. The van der Waals surface area contributed by atoms with E-state index in [0.29, 0.717) is 25.9 Å². The zero-order valence-corrected chi connectivity index (χ0v) is 17.6. The molecule has 2 amide bonds.